The Hall–Kier alpha value is -2.73. The SMILES string of the molecule is CC(=O)c1ccc(NC(=S)NC2CCN(C(=O)c3ccccc3)CC2)cc1. The summed E-state index contributed by atoms with van der Waals surface area (Å²) in [6, 6.07) is 16.9. The molecule has 3 rings (SSSR count). The number of nitrogens with zero attached hydrogens (tertiary/aromatic N) is 1. The van der Waals surface area contributed by atoms with Gasteiger partial charge in [0.25, 0.3) is 5.91 Å². The van der Waals surface area contributed by atoms with Crippen LogP contribution in [-0.4, -0.2) is 40.8 Å². The quantitative estimate of drug-likeness (QED) is 0.627. The zero-order chi connectivity index (χ0) is 19.2. The standard InChI is InChI=1S/C21H23N3O2S/c1-15(25)16-7-9-18(10-8-16)22-21(27)23-19-11-13-24(14-12-19)20(26)17-5-3-2-4-6-17/h2-10,19H,11-14H2,1H3,(H2,22,23,27). The third kappa shape index (κ3) is 5.14. The highest BCUT2D eigenvalue weighted by Crippen LogP contribution is 2.15. The van der Waals surface area contributed by atoms with Crippen LogP contribution in [-0.2, 0) is 0 Å². The Balaban J connectivity index is 1.46. The molecule has 2 aromatic carbocycles. The van der Waals surface area contributed by atoms with E-state index in [1.165, 1.54) is 0 Å². The Morgan fingerprint density at radius 1 is 0.963 bits per heavy atom. The molecule has 0 bridgehead atoms. The average Bonchev–Trinajstić information content (AvgIpc) is 2.69. The van der Waals surface area contributed by atoms with E-state index in [0.717, 1.165) is 24.1 Å². The summed E-state index contributed by atoms with van der Waals surface area (Å²) in [6.45, 7) is 2.96. The molecule has 2 N–H and O–H groups in total. The van der Waals surface area contributed by atoms with Gasteiger partial charge in [-0.2, -0.15) is 0 Å². The van der Waals surface area contributed by atoms with Crippen molar-refractivity contribution in [1.29, 1.82) is 0 Å². The van der Waals surface area contributed by atoms with Crippen molar-refractivity contribution in [2.24, 2.45) is 0 Å². The van der Waals surface area contributed by atoms with Gasteiger partial charge < -0.3 is 15.5 Å². The molecule has 0 radical (unpaired) electrons. The molecule has 2 aromatic rings. The maximum absolute atomic E-state index is 12.5. The number of piperidine rings is 1. The fraction of sp³-hybridized carbons (Fsp3) is 0.286. The maximum atomic E-state index is 12.5. The van der Waals surface area contributed by atoms with Gasteiger partial charge in [0.2, 0.25) is 0 Å². The van der Waals surface area contributed by atoms with E-state index in [1.807, 2.05) is 47.4 Å². The minimum absolute atomic E-state index is 0.0408. The Morgan fingerprint density at radius 3 is 2.19 bits per heavy atom. The third-order valence-electron chi connectivity index (χ3n) is 4.69. The molecule has 1 heterocycles. The number of rotatable bonds is 4. The van der Waals surface area contributed by atoms with Gasteiger partial charge in [-0.05, 0) is 68.4 Å². The van der Waals surface area contributed by atoms with Crippen molar-refractivity contribution in [3.05, 3.63) is 65.7 Å². The molecule has 0 saturated carbocycles. The normalized spacial score (nSPS) is 14.5. The average molecular weight is 382 g/mol. The summed E-state index contributed by atoms with van der Waals surface area (Å²) >= 11 is 5.39. The van der Waals surface area contributed by atoms with E-state index in [4.69, 9.17) is 12.2 Å². The predicted octanol–water partition coefficient (Wildman–Crippen LogP) is 3.48. The lowest BCUT2D eigenvalue weighted by atomic mass is 10.0. The fourth-order valence-corrected chi connectivity index (χ4v) is 3.42. The lowest BCUT2D eigenvalue weighted by molar-refractivity contribution is 0.0710. The van der Waals surface area contributed by atoms with Crippen LogP contribution >= 0.6 is 12.2 Å². The van der Waals surface area contributed by atoms with E-state index in [9.17, 15) is 9.59 Å². The first-order valence-corrected chi connectivity index (χ1v) is 9.46. The van der Waals surface area contributed by atoms with E-state index in [-0.39, 0.29) is 17.7 Å². The number of ketones is 1. The summed E-state index contributed by atoms with van der Waals surface area (Å²) in [4.78, 5) is 25.7. The van der Waals surface area contributed by atoms with Gasteiger partial charge in [-0.1, -0.05) is 18.2 Å². The molecule has 0 spiro atoms. The highest BCUT2D eigenvalue weighted by atomic mass is 32.1. The first-order valence-electron chi connectivity index (χ1n) is 9.06. The van der Waals surface area contributed by atoms with E-state index < -0.39 is 0 Å². The zero-order valence-corrected chi connectivity index (χ0v) is 16.1. The molecule has 1 aliphatic rings. The third-order valence-corrected chi connectivity index (χ3v) is 4.91. The number of nitrogens with one attached hydrogen (secondary N) is 2. The van der Waals surface area contributed by atoms with Crippen molar-refractivity contribution in [3.8, 4) is 0 Å². The number of anilines is 1. The van der Waals surface area contributed by atoms with Gasteiger partial charge in [0.05, 0.1) is 0 Å². The summed E-state index contributed by atoms with van der Waals surface area (Å²) in [5.74, 6) is 0.124. The molecular formula is C21H23N3O2S. The van der Waals surface area contributed by atoms with Crippen LogP contribution in [0.15, 0.2) is 54.6 Å². The molecule has 1 amide bonds. The minimum atomic E-state index is 0.0408. The summed E-state index contributed by atoms with van der Waals surface area (Å²) in [5, 5.41) is 7.02. The maximum Gasteiger partial charge on any atom is 0.253 e. The number of benzene rings is 2. The molecule has 1 aliphatic heterocycles. The van der Waals surface area contributed by atoms with E-state index >= 15 is 0 Å². The van der Waals surface area contributed by atoms with Gasteiger partial charge in [-0.3, -0.25) is 9.59 Å². The first kappa shape index (κ1) is 19.0. The Morgan fingerprint density at radius 2 is 1.59 bits per heavy atom. The van der Waals surface area contributed by atoms with Crippen molar-refractivity contribution in [3.63, 3.8) is 0 Å². The van der Waals surface area contributed by atoms with Crippen molar-refractivity contribution in [2.45, 2.75) is 25.8 Å². The van der Waals surface area contributed by atoms with Gasteiger partial charge in [-0.25, -0.2) is 0 Å². The highest BCUT2D eigenvalue weighted by Gasteiger charge is 2.23. The van der Waals surface area contributed by atoms with Crippen molar-refractivity contribution in [1.82, 2.24) is 10.2 Å². The Kier molecular flexibility index (Phi) is 6.19. The highest BCUT2D eigenvalue weighted by molar-refractivity contribution is 7.80. The van der Waals surface area contributed by atoms with E-state index in [0.29, 0.717) is 23.8 Å². The van der Waals surface area contributed by atoms with Gasteiger partial charge in [-0.15, -0.1) is 0 Å². The van der Waals surface area contributed by atoms with Gasteiger partial charge in [0.1, 0.15) is 0 Å². The Labute approximate surface area is 164 Å². The second kappa shape index (κ2) is 8.77. The van der Waals surface area contributed by atoms with E-state index in [2.05, 4.69) is 10.6 Å². The zero-order valence-electron chi connectivity index (χ0n) is 15.3. The molecule has 0 aromatic heterocycles. The van der Waals surface area contributed by atoms with Crippen molar-refractivity contribution >= 4 is 34.7 Å². The number of Topliss-reactive ketones (excluding diaryl/α,β-unsaturated/α-hetero) is 1. The van der Waals surface area contributed by atoms with Crippen LogP contribution in [0.5, 0.6) is 0 Å². The van der Waals surface area contributed by atoms with Crippen LogP contribution in [0.1, 0.15) is 40.5 Å². The number of amides is 1. The molecule has 140 valence electrons. The predicted molar refractivity (Wildman–Crippen MR) is 111 cm³/mol. The van der Waals surface area contributed by atoms with Crippen molar-refractivity contribution < 1.29 is 9.59 Å². The topological polar surface area (TPSA) is 61.4 Å². The van der Waals surface area contributed by atoms with Crippen LogP contribution in [0.4, 0.5) is 5.69 Å². The molecular weight excluding hydrogens is 358 g/mol. The second-order valence-electron chi connectivity index (χ2n) is 6.66. The van der Waals surface area contributed by atoms with Crippen LogP contribution < -0.4 is 10.6 Å². The van der Waals surface area contributed by atoms with Crippen LogP contribution in [0.25, 0.3) is 0 Å². The van der Waals surface area contributed by atoms with Crippen molar-refractivity contribution in [2.75, 3.05) is 18.4 Å². The summed E-state index contributed by atoms with van der Waals surface area (Å²) < 4.78 is 0. The first-order chi connectivity index (χ1) is 13.0. The van der Waals surface area contributed by atoms with Gasteiger partial charge in [0, 0.05) is 35.9 Å². The lowest BCUT2D eigenvalue weighted by Gasteiger charge is -2.33. The number of likely N-dealkylation sites (tertiary alicyclic amines) is 1. The van der Waals surface area contributed by atoms with Gasteiger partial charge in [0.15, 0.2) is 10.9 Å². The largest absolute Gasteiger partial charge is 0.360 e. The molecule has 1 fully saturated rings. The molecule has 0 aliphatic carbocycles. The van der Waals surface area contributed by atoms with Crippen LogP contribution in [0.2, 0.25) is 0 Å². The molecule has 6 heteroatoms. The molecule has 5 nitrogen and oxygen atoms in total. The second-order valence-corrected chi connectivity index (χ2v) is 7.07. The number of hydrogen-bond acceptors (Lipinski definition) is 3. The summed E-state index contributed by atoms with van der Waals surface area (Å²) in [6.07, 6.45) is 1.70. The summed E-state index contributed by atoms with van der Waals surface area (Å²) in [5.41, 5.74) is 2.25. The smallest absolute Gasteiger partial charge is 0.253 e. The van der Waals surface area contributed by atoms with E-state index in [1.54, 1.807) is 19.1 Å². The van der Waals surface area contributed by atoms with Crippen LogP contribution in [0, 0.1) is 0 Å². The molecule has 0 atom stereocenters. The summed E-state index contributed by atoms with van der Waals surface area (Å²) in [7, 11) is 0. The minimum Gasteiger partial charge on any atom is -0.360 e. The van der Waals surface area contributed by atoms with Crippen LogP contribution in [0.3, 0.4) is 0 Å². The number of carbonyl (C=O) groups excluding carboxylic acids is 2. The monoisotopic (exact) mass is 381 g/mol. The lowest BCUT2D eigenvalue weighted by Crippen LogP contribution is -2.47. The number of hydrogen-bond donors (Lipinski definition) is 2. The number of thiocarbonyl (C=S) groups is 1. The molecule has 1 saturated heterocycles. The van der Waals surface area contributed by atoms with Gasteiger partial charge >= 0.3 is 0 Å². The molecule has 0 unspecified atom stereocenters. The molecule has 27 heavy (non-hydrogen) atoms. The Bertz CT molecular complexity index is 813. The number of carbonyl (C=O) groups is 2. The fourth-order valence-electron chi connectivity index (χ4n) is 3.13.